The lowest BCUT2D eigenvalue weighted by Gasteiger charge is -2.26. The number of fused-ring (bicyclic) bond motifs is 3. The highest BCUT2D eigenvalue weighted by Crippen LogP contribution is 2.39. The molecule has 0 amide bonds. The van der Waals surface area contributed by atoms with E-state index in [1.54, 1.807) is 0 Å². The van der Waals surface area contributed by atoms with Gasteiger partial charge in [0, 0.05) is 33.4 Å². The summed E-state index contributed by atoms with van der Waals surface area (Å²) in [6.45, 7) is 0. The molecule has 11 aromatic rings. The maximum Gasteiger partial charge on any atom is 0.0541 e. The van der Waals surface area contributed by atoms with E-state index in [9.17, 15) is 0 Å². The maximum atomic E-state index is 2.41. The van der Waals surface area contributed by atoms with Crippen molar-refractivity contribution >= 4 is 38.9 Å². The van der Waals surface area contributed by atoms with Crippen LogP contribution in [0.15, 0.2) is 255 Å². The summed E-state index contributed by atoms with van der Waals surface area (Å²) in [4.78, 5) is 2.33. The Morgan fingerprint density at radius 3 is 0.919 bits per heavy atom. The monoisotopic (exact) mass is 790 g/mol. The number of hydrogen-bond donors (Lipinski definition) is 0. The molecule has 292 valence electrons. The zero-order valence-corrected chi connectivity index (χ0v) is 34.1. The van der Waals surface area contributed by atoms with Crippen LogP contribution in [0.1, 0.15) is 0 Å². The van der Waals surface area contributed by atoms with Crippen LogP contribution in [0.5, 0.6) is 0 Å². The fraction of sp³-hybridized carbons (Fsp3) is 0. The molecule has 0 bridgehead atoms. The lowest BCUT2D eigenvalue weighted by Crippen LogP contribution is -2.09. The van der Waals surface area contributed by atoms with Gasteiger partial charge < -0.3 is 9.47 Å². The van der Waals surface area contributed by atoms with Gasteiger partial charge in [-0.2, -0.15) is 0 Å². The third kappa shape index (κ3) is 6.94. The Balaban J connectivity index is 0.864. The van der Waals surface area contributed by atoms with Gasteiger partial charge >= 0.3 is 0 Å². The van der Waals surface area contributed by atoms with Crippen LogP contribution in [0, 0.1) is 0 Å². The van der Waals surface area contributed by atoms with Crippen LogP contribution in [-0.2, 0) is 0 Å². The van der Waals surface area contributed by atoms with Crippen molar-refractivity contribution < 1.29 is 0 Å². The summed E-state index contributed by atoms with van der Waals surface area (Å²) in [5.74, 6) is 0. The Bertz CT molecular complexity index is 3140. The first-order valence-corrected chi connectivity index (χ1v) is 21.3. The number of para-hydroxylation sites is 3. The largest absolute Gasteiger partial charge is 0.311 e. The first-order chi connectivity index (χ1) is 30.7. The highest BCUT2D eigenvalue weighted by Gasteiger charge is 2.16. The van der Waals surface area contributed by atoms with Crippen LogP contribution in [0.25, 0.3) is 83.1 Å². The van der Waals surface area contributed by atoms with Crippen molar-refractivity contribution in [3.8, 4) is 61.3 Å². The van der Waals surface area contributed by atoms with Crippen molar-refractivity contribution in [3.63, 3.8) is 0 Å². The van der Waals surface area contributed by atoms with Crippen LogP contribution in [0.2, 0.25) is 0 Å². The van der Waals surface area contributed by atoms with Crippen molar-refractivity contribution in [2.45, 2.75) is 0 Å². The zero-order chi connectivity index (χ0) is 41.2. The van der Waals surface area contributed by atoms with Gasteiger partial charge in [0.2, 0.25) is 0 Å². The molecule has 0 saturated carbocycles. The van der Waals surface area contributed by atoms with E-state index in [1.165, 1.54) is 83.1 Å². The standard InChI is InChI=1S/C60H42N2/c1-3-13-43(14-4-1)48-31-37-52(38-32-48)61(53-39-33-49(34-40-53)44-15-5-2-6-16-44)54-41-35-50(36-42-54)46-25-23-45(24-26-46)47-27-29-51(30-28-47)55-17-7-10-20-58(55)62-59-21-11-8-18-56(59)57-19-9-12-22-60(57)62/h1-42H. The molecule has 1 aromatic heterocycles. The molecule has 0 saturated heterocycles. The van der Waals surface area contributed by atoms with Gasteiger partial charge in [-0.05, 0) is 105 Å². The van der Waals surface area contributed by atoms with Crippen molar-refractivity contribution in [3.05, 3.63) is 255 Å². The highest BCUT2D eigenvalue weighted by molar-refractivity contribution is 6.09. The SMILES string of the molecule is c1ccc(-c2ccc(N(c3ccc(-c4ccccc4)cc3)c3ccc(-c4ccc(-c5ccc(-c6ccccc6-n6c7ccccc7c7ccccc76)cc5)cc4)cc3)cc2)cc1. The van der Waals surface area contributed by atoms with Crippen LogP contribution in [0.3, 0.4) is 0 Å². The number of rotatable bonds is 9. The minimum atomic E-state index is 1.10. The van der Waals surface area contributed by atoms with E-state index in [0.717, 1.165) is 17.1 Å². The third-order valence-electron chi connectivity index (χ3n) is 12.1. The van der Waals surface area contributed by atoms with E-state index in [2.05, 4.69) is 264 Å². The number of aromatic nitrogens is 1. The molecule has 0 spiro atoms. The minimum absolute atomic E-state index is 1.10. The Kier molecular flexibility index (Phi) is 9.57. The Hall–Kier alpha value is -8.20. The fourth-order valence-corrected chi connectivity index (χ4v) is 8.91. The summed E-state index contributed by atoms with van der Waals surface area (Å²) in [7, 11) is 0. The molecule has 1 heterocycles. The molecule has 11 rings (SSSR count). The maximum absolute atomic E-state index is 2.41. The first-order valence-electron chi connectivity index (χ1n) is 21.3. The smallest absolute Gasteiger partial charge is 0.0541 e. The first kappa shape index (κ1) is 36.8. The Morgan fingerprint density at radius 2 is 0.516 bits per heavy atom. The van der Waals surface area contributed by atoms with Gasteiger partial charge in [-0.1, -0.05) is 200 Å². The highest BCUT2D eigenvalue weighted by atomic mass is 15.1. The molecule has 0 aliphatic carbocycles. The van der Waals surface area contributed by atoms with E-state index in [-0.39, 0.29) is 0 Å². The minimum Gasteiger partial charge on any atom is -0.311 e. The molecule has 0 unspecified atom stereocenters. The molecule has 0 aliphatic heterocycles. The van der Waals surface area contributed by atoms with Crippen LogP contribution in [0.4, 0.5) is 17.1 Å². The van der Waals surface area contributed by atoms with Gasteiger partial charge in [0.05, 0.1) is 16.7 Å². The summed E-state index contributed by atoms with van der Waals surface area (Å²) in [5, 5.41) is 2.54. The van der Waals surface area contributed by atoms with E-state index >= 15 is 0 Å². The molecule has 2 nitrogen and oxygen atoms in total. The summed E-state index contributed by atoms with van der Waals surface area (Å²) in [5.41, 5.74) is 18.9. The normalized spacial score (nSPS) is 11.2. The lowest BCUT2D eigenvalue weighted by atomic mass is 9.97. The lowest BCUT2D eigenvalue weighted by molar-refractivity contribution is 1.18. The van der Waals surface area contributed by atoms with Crippen LogP contribution in [-0.4, -0.2) is 4.57 Å². The molecular formula is C60H42N2. The van der Waals surface area contributed by atoms with Gasteiger partial charge in [0.1, 0.15) is 0 Å². The molecule has 0 fully saturated rings. The van der Waals surface area contributed by atoms with Crippen molar-refractivity contribution in [1.82, 2.24) is 4.57 Å². The van der Waals surface area contributed by atoms with Gasteiger partial charge in [-0.3, -0.25) is 0 Å². The molecule has 0 radical (unpaired) electrons. The van der Waals surface area contributed by atoms with Gasteiger partial charge in [-0.15, -0.1) is 0 Å². The summed E-state index contributed by atoms with van der Waals surface area (Å²) in [6, 6.07) is 91.8. The molecular weight excluding hydrogens is 749 g/mol. The molecule has 62 heavy (non-hydrogen) atoms. The van der Waals surface area contributed by atoms with Crippen LogP contribution < -0.4 is 4.90 Å². The average molecular weight is 791 g/mol. The van der Waals surface area contributed by atoms with Crippen molar-refractivity contribution in [2.24, 2.45) is 0 Å². The molecule has 10 aromatic carbocycles. The second-order valence-electron chi connectivity index (χ2n) is 15.7. The molecule has 2 heteroatoms. The average Bonchev–Trinajstić information content (AvgIpc) is 3.70. The van der Waals surface area contributed by atoms with E-state index < -0.39 is 0 Å². The van der Waals surface area contributed by atoms with E-state index in [1.807, 2.05) is 0 Å². The van der Waals surface area contributed by atoms with E-state index in [4.69, 9.17) is 0 Å². The molecule has 0 atom stereocenters. The van der Waals surface area contributed by atoms with Crippen molar-refractivity contribution in [2.75, 3.05) is 4.90 Å². The Labute approximate surface area is 362 Å². The quantitative estimate of drug-likeness (QED) is 0.141. The third-order valence-corrected chi connectivity index (χ3v) is 12.1. The second kappa shape index (κ2) is 16.1. The summed E-state index contributed by atoms with van der Waals surface area (Å²) >= 11 is 0. The number of hydrogen-bond acceptors (Lipinski definition) is 1. The fourth-order valence-electron chi connectivity index (χ4n) is 8.91. The molecule has 0 N–H and O–H groups in total. The van der Waals surface area contributed by atoms with Crippen molar-refractivity contribution in [1.29, 1.82) is 0 Å². The predicted molar refractivity (Wildman–Crippen MR) is 263 cm³/mol. The number of anilines is 3. The summed E-state index contributed by atoms with van der Waals surface area (Å²) in [6.07, 6.45) is 0. The van der Waals surface area contributed by atoms with Gasteiger partial charge in [0.25, 0.3) is 0 Å². The van der Waals surface area contributed by atoms with E-state index in [0.29, 0.717) is 0 Å². The van der Waals surface area contributed by atoms with Crippen LogP contribution >= 0.6 is 0 Å². The number of nitrogens with zero attached hydrogens (tertiary/aromatic N) is 2. The Morgan fingerprint density at radius 1 is 0.226 bits per heavy atom. The second-order valence-corrected chi connectivity index (χ2v) is 15.7. The number of benzene rings is 10. The topological polar surface area (TPSA) is 8.17 Å². The van der Waals surface area contributed by atoms with Gasteiger partial charge in [-0.25, -0.2) is 0 Å². The molecule has 0 aliphatic rings. The summed E-state index contributed by atoms with van der Waals surface area (Å²) < 4.78 is 2.41. The zero-order valence-electron chi connectivity index (χ0n) is 34.1. The predicted octanol–water partition coefficient (Wildman–Crippen LogP) is 16.6. The van der Waals surface area contributed by atoms with Gasteiger partial charge in [0.15, 0.2) is 0 Å².